The topological polar surface area (TPSA) is 162 Å². The number of urea groups is 1. The van der Waals surface area contributed by atoms with Gasteiger partial charge in [-0.25, -0.2) is 14.2 Å². The molecule has 0 aliphatic carbocycles. The average Bonchev–Trinajstić information content (AvgIpc) is 3.46. The van der Waals surface area contributed by atoms with E-state index < -0.39 is 64.9 Å². The second-order valence-corrected chi connectivity index (χ2v) is 10.3. The zero-order valence-corrected chi connectivity index (χ0v) is 22.7. The molecule has 42 heavy (non-hydrogen) atoms. The molecule has 2 aromatic rings. The number of amides is 4. The van der Waals surface area contributed by atoms with Crippen LogP contribution >= 0.6 is 0 Å². The molecule has 6 N–H and O–H groups in total. The highest BCUT2D eigenvalue weighted by molar-refractivity contribution is 5.99. The third-order valence-electron chi connectivity index (χ3n) is 7.66. The number of primary amides is 1. The molecule has 0 spiro atoms. The van der Waals surface area contributed by atoms with E-state index in [1.807, 2.05) is 0 Å². The highest BCUT2D eigenvalue weighted by atomic mass is 19.4. The van der Waals surface area contributed by atoms with Gasteiger partial charge in [-0.2, -0.15) is 17.6 Å². The summed E-state index contributed by atoms with van der Waals surface area (Å²) in [7, 11) is 1.01. The van der Waals surface area contributed by atoms with Crippen LogP contribution in [0, 0.1) is 17.6 Å². The van der Waals surface area contributed by atoms with Crippen LogP contribution in [-0.2, 0) is 9.53 Å². The first-order chi connectivity index (χ1) is 19.6. The molecule has 2 saturated heterocycles. The molecule has 11 nitrogen and oxygen atoms in total. The van der Waals surface area contributed by atoms with Crippen molar-refractivity contribution in [1.82, 2.24) is 9.88 Å². The number of carbonyl (C=O) groups is 3. The fraction of sp³-hybridized carbons (Fsp3) is 0.462. The maximum absolute atomic E-state index is 14.6. The van der Waals surface area contributed by atoms with Crippen LogP contribution in [0.3, 0.4) is 0 Å². The van der Waals surface area contributed by atoms with E-state index in [1.165, 1.54) is 11.8 Å². The van der Waals surface area contributed by atoms with E-state index in [4.69, 9.17) is 20.9 Å². The van der Waals surface area contributed by atoms with Gasteiger partial charge in [-0.1, -0.05) is 13.0 Å². The molecular formula is C26H29F5N6O5. The van der Waals surface area contributed by atoms with Gasteiger partial charge in [-0.3, -0.25) is 14.9 Å². The summed E-state index contributed by atoms with van der Waals surface area (Å²) in [5.74, 6) is -8.69. The van der Waals surface area contributed by atoms with Crippen molar-refractivity contribution in [2.75, 3.05) is 30.8 Å². The van der Waals surface area contributed by atoms with Gasteiger partial charge in [0, 0.05) is 48.3 Å². The predicted molar refractivity (Wildman–Crippen MR) is 139 cm³/mol. The van der Waals surface area contributed by atoms with Crippen molar-refractivity contribution in [2.24, 2.45) is 17.4 Å². The van der Waals surface area contributed by atoms with Crippen molar-refractivity contribution in [3.05, 3.63) is 47.2 Å². The van der Waals surface area contributed by atoms with Crippen molar-refractivity contribution in [1.29, 1.82) is 0 Å². The lowest BCUT2D eigenvalue weighted by molar-refractivity contribution is -0.272. The van der Waals surface area contributed by atoms with E-state index in [9.17, 15) is 36.3 Å². The van der Waals surface area contributed by atoms with E-state index in [0.717, 1.165) is 32.2 Å². The fourth-order valence-corrected chi connectivity index (χ4v) is 5.21. The molecule has 3 heterocycles. The predicted octanol–water partition coefficient (Wildman–Crippen LogP) is 3.11. The van der Waals surface area contributed by atoms with Gasteiger partial charge >= 0.3 is 12.2 Å². The first-order valence-corrected chi connectivity index (χ1v) is 12.8. The van der Waals surface area contributed by atoms with Gasteiger partial charge in [0.25, 0.3) is 11.8 Å². The van der Waals surface area contributed by atoms with Gasteiger partial charge < -0.3 is 31.2 Å². The maximum atomic E-state index is 14.6. The van der Waals surface area contributed by atoms with Gasteiger partial charge in [0.05, 0.1) is 7.11 Å². The van der Waals surface area contributed by atoms with Crippen LogP contribution in [0.15, 0.2) is 24.3 Å². The Bertz CT molecular complexity index is 1410. The Morgan fingerprint density at radius 3 is 2.45 bits per heavy atom. The lowest BCUT2D eigenvalue weighted by Crippen LogP contribution is -2.47. The molecule has 1 unspecified atom stereocenters. The summed E-state index contributed by atoms with van der Waals surface area (Å²) >= 11 is 0. The molecule has 2 fully saturated rings. The number of rotatable bonds is 6. The number of ether oxygens (including phenoxy) is 2. The van der Waals surface area contributed by atoms with Gasteiger partial charge in [0.1, 0.15) is 17.6 Å². The second kappa shape index (κ2) is 11.3. The molecule has 16 heteroatoms. The third-order valence-corrected chi connectivity index (χ3v) is 7.66. The number of aromatic nitrogens is 1. The summed E-state index contributed by atoms with van der Waals surface area (Å²) < 4.78 is 81.5. The SMILES string of the molecule is COc1c([C@H]2[C@H](C(=O)Nc3cc(NC(=O)N4CCC(N)C4)nc(C(N)=O)c3)O[C@@](C)(C(F)(F)F)[C@H]2C)ccc(F)c1F. The smallest absolute Gasteiger partial charge is 0.417 e. The van der Waals surface area contributed by atoms with Gasteiger partial charge in [0.15, 0.2) is 17.2 Å². The molecule has 0 saturated carbocycles. The summed E-state index contributed by atoms with van der Waals surface area (Å²) in [4.78, 5) is 43.4. The molecule has 0 radical (unpaired) electrons. The molecule has 5 atom stereocenters. The Kier molecular flexibility index (Phi) is 8.33. The Labute approximate surface area is 236 Å². The number of likely N-dealkylation sites (tertiary alicyclic amines) is 1. The molecule has 1 aromatic carbocycles. The molecule has 1 aromatic heterocycles. The van der Waals surface area contributed by atoms with E-state index in [-0.39, 0.29) is 35.3 Å². The second-order valence-electron chi connectivity index (χ2n) is 10.3. The van der Waals surface area contributed by atoms with Crippen molar-refractivity contribution < 1.29 is 45.8 Å². The normalized spacial score (nSPS) is 25.8. The Morgan fingerprint density at radius 2 is 1.88 bits per heavy atom. The van der Waals surface area contributed by atoms with Crippen LogP contribution in [0.25, 0.3) is 0 Å². The van der Waals surface area contributed by atoms with E-state index in [1.54, 1.807) is 0 Å². The zero-order chi connectivity index (χ0) is 31.1. The van der Waals surface area contributed by atoms with Crippen molar-refractivity contribution in [3.63, 3.8) is 0 Å². The van der Waals surface area contributed by atoms with Gasteiger partial charge in [-0.15, -0.1) is 0 Å². The number of benzene rings is 1. The first-order valence-electron chi connectivity index (χ1n) is 12.8. The lowest BCUT2D eigenvalue weighted by Gasteiger charge is -2.32. The molecular weight excluding hydrogens is 571 g/mol. The summed E-state index contributed by atoms with van der Waals surface area (Å²) in [5.41, 5.74) is 7.55. The number of nitrogens with zero attached hydrogens (tertiary/aromatic N) is 2. The van der Waals surface area contributed by atoms with E-state index >= 15 is 0 Å². The van der Waals surface area contributed by atoms with Crippen LogP contribution in [-0.4, -0.2) is 71.9 Å². The van der Waals surface area contributed by atoms with Gasteiger partial charge in [0.2, 0.25) is 5.82 Å². The van der Waals surface area contributed by atoms with E-state index in [2.05, 4.69) is 15.6 Å². The maximum Gasteiger partial charge on any atom is 0.417 e. The Morgan fingerprint density at radius 1 is 1.19 bits per heavy atom. The fourth-order valence-electron chi connectivity index (χ4n) is 5.21. The standard InChI is InChI=1S/C26H29F5N6O5/c1-11-18(14-4-5-15(27)19(28)20(14)41-3)21(42-25(11,2)26(29,30)31)23(39)34-13-8-16(22(33)38)35-17(9-13)36-24(40)37-7-6-12(32)10-37/h4-5,8-9,11-12,18,21H,6-7,10,32H2,1-3H3,(H2,33,38)(H2,34,35,36,39,40)/t11-,12?,18-,21+,25+/m0/s1. The molecule has 4 rings (SSSR count). The number of methoxy groups -OCH3 is 1. The highest BCUT2D eigenvalue weighted by Gasteiger charge is 2.66. The molecule has 0 bridgehead atoms. The van der Waals surface area contributed by atoms with Crippen LogP contribution < -0.4 is 26.8 Å². The highest BCUT2D eigenvalue weighted by Crippen LogP contribution is 2.55. The number of carbonyl (C=O) groups excluding carboxylic acids is 3. The third kappa shape index (κ3) is 5.68. The minimum Gasteiger partial charge on any atom is -0.493 e. The molecule has 2 aliphatic rings. The largest absolute Gasteiger partial charge is 0.493 e. The molecule has 228 valence electrons. The number of hydrogen-bond donors (Lipinski definition) is 4. The number of hydrogen-bond acceptors (Lipinski definition) is 7. The quantitative estimate of drug-likeness (QED) is 0.371. The van der Waals surface area contributed by atoms with E-state index in [0.29, 0.717) is 19.0 Å². The minimum atomic E-state index is -4.96. The lowest BCUT2D eigenvalue weighted by atomic mass is 9.77. The van der Waals surface area contributed by atoms with Crippen LogP contribution in [0.5, 0.6) is 5.75 Å². The molecule has 4 amide bonds. The zero-order valence-electron chi connectivity index (χ0n) is 22.7. The Hall–Kier alpha value is -4.05. The number of alkyl halides is 3. The summed E-state index contributed by atoms with van der Waals surface area (Å²) in [6.07, 6.45) is -6.28. The summed E-state index contributed by atoms with van der Waals surface area (Å²) in [6, 6.07) is 3.15. The Balaban J connectivity index is 1.69. The van der Waals surface area contributed by atoms with Crippen LogP contribution in [0.1, 0.15) is 42.2 Å². The number of pyridine rings is 1. The van der Waals surface area contributed by atoms with Crippen LogP contribution in [0.2, 0.25) is 0 Å². The summed E-state index contributed by atoms with van der Waals surface area (Å²) in [6.45, 7) is 2.56. The number of anilines is 2. The summed E-state index contributed by atoms with van der Waals surface area (Å²) in [5, 5.41) is 4.84. The molecule has 2 aliphatic heterocycles. The first kappa shape index (κ1) is 30.9. The van der Waals surface area contributed by atoms with Crippen molar-refractivity contribution in [2.45, 2.75) is 50.1 Å². The minimum absolute atomic E-state index is 0.162. The number of nitrogens with one attached hydrogen (secondary N) is 2. The number of halogens is 5. The average molecular weight is 601 g/mol. The number of nitrogens with two attached hydrogens (primary N) is 2. The monoisotopic (exact) mass is 600 g/mol. The van der Waals surface area contributed by atoms with Crippen molar-refractivity contribution >= 4 is 29.4 Å². The van der Waals surface area contributed by atoms with Crippen LogP contribution in [0.4, 0.5) is 38.3 Å². The van der Waals surface area contributed by atoms with Crippen molar-refractivity contribution in [3.8, 4) is 5.75 Å². The van der Waals surface area contributed by atoms with Gasteiger partial charge in [-0.05, 0) is 25.5 Å².